The Balaban J connectivity index is 3.66. The van der Waals surface area contributed by atoms with Gasteiger partial charge in [0.05, 0.1) is 5.56 Å². The fourth-order valence-electron chi connectivity index (χ4n) is 1.60. The maximum Gasteiger partial charge on any atom is 0.460 e. The van der Waals surface area contributed by atoms with Gasteiger partial charge in [-0.1, -0.05) is 0 Å². The molecule has 1 atom stereocenters. The van der Waals surface area contributed by atoms with Crippen molar-refractivity contribution in [1.29, 1.82) is 0 Å². The maximum absolute atomic E-state index is 13.4. The van der Waals surface area contributed by atoms with Crippen molar-refractivity contribution >= 4 is 0 Å². The normalized spacial score (nSPS) is 15.3. The zero-order valence-corrected chi connectivity index (χ0v) is 11.3. The summed E-state index contributed by atoms with van der Waals surface area (Å²) in [5.41, 5.74) is -3.12. The van der Waals surface area contributed by atoms with Crippen LogP contribution in [-0.4, -0.2) is 29.1 Å². The average molecular weight is 416 g/mol. The minimum absolute atomic E-state index is 2.99. The van der Waals surface area contributed by atoms with Crippen LogP contribution in [-0.2, 0) is 0 Å². The van der Waals surface area contributed by atoms with E-state index in [4.69, 9.17) is 5.11 Å². The second-order valence-corrected chi connectivity index (χ2v) is 4.66. The first-order chi connectivity index (χ1) is 11.3. The molecule has 1 rings (SSSR count). The zero-order valence-electron chi connectivity index (χ0n) is 11.3. The average Bonchev–Trinajstić information content (AvgIpc) is 2.49. The predicted molar refractivity (Wildman–Crippen MR) is 52.1 cm³/mol. The number of aliphatic hydroxyl groups is 1. The lowest BCUT2D eigenvalue weighted by atomic mass is 9.93. The van der Waals surface area contributed by atoms with Crippen LogP contribution in [0.5, 0.6) is 0 Å². The van der Waals surface area contributed by atoms with Crippen molar-refractivity contribution < 1.29 is 66.6 Å². The molecule has 1 nitrogen and oxygen atoms in total. The highest BCUT2D eigenvalue weighted by Gasteiger charge is 2.83. The van der Waals surface area contributed by atoms with Crippen LogP contribution in [0.1, 0.15) is 11.7 Å². The van der Waals surface area contributed by atoms with Crippen LogP contribution >= 0.6 is 0 Å². The van der Waals surface area contributed by atoms with Gasteiger partial charge in [-0.3, -0.25) is 0 Å². The summed E-state index contributed by atoms with van der Waals surface area (Å²) in [5, 5.41) is 8.85. The Labute approximate surface area is 132 Å². The minimum Gasteiger partial charge on any atom is -0.382 e. The molecule has 0 saturated carbocycles. The Kier molecular flexibility index (Phi) is 5.24. The molecule has 26 heavy (non-hydrogen) atoms. The number of aliphatic hydroxyl groups excluding tert-OH is 1. The van der Waals surface area contributed by atoms with E-state index in [0.29, 0.717) is 0 Å². The Morgan fingerprint density at radius 3 is 1.15 bits per heavy atom. The quantitative estimate of drug-likeness (QED) is 0.422. The van der Waals surface area contributed by atoms with Gasteiger partial charge < -0.3 is 5.11 Å². The molecule has 1 aromatic carbocycles. The lowest BCUT2D eigenvalue weighted by Gasteiger charge is -2.36. The fourth-order valence-corrected chi connectivity index (χ4v) is 1.60. The van der Waals surface area contributed by atoms with Gasteiger partial charge in [0, 0.05) is 0 Å². The largest absolute Gasteiger partial charge is 0.460 e. The second-order valence-electron chi connectivity index (χ2n) is 4.66. The summed E-state index contributed by atoms with van der Waals surface area (Å²) in [6, 6.07) is 0. The third-order valence-corrected chi connectivity index (χ3v) is 3.03. The summed E-state index contributed by atoms with van der Waals surface area (Å²) in [4.78, 5) is 0. The monoisotopic (exact) mass is 416 g/mol. The molecule has 150 valence electrons. The molecule has 0 fully saturated rings. The van der Waals surface area contributed by atoms with Crippen molar-refractivity contribution in [3.8, 4) is 0 Å². The summed E-state index contributed by atoms with van der Waals surface area (Å²) in [6.45, 7) is 0. The molecule has 0 aliphatic carbocycles. The van der Waals surface area contributed by atoms with Crippen LogP contribution < -0.4 is 0 Å². The molecule has 1 N–H and O–H groups in total. The summed E-state index contributed by atoms with van der Waals surface area (Å²) in [5.74, 6) is -37.9. The smallest absolute Gasteiger partial charge is 0.382 e. The molecule has 0 aromatic heterocycles. The number of halogens is 14. The number of hydrogen-bond donors (Lipinski definition) is 1. The second kappa shape index (κ2) is 6.13. The molecule has 0 aliphatic rings. The van der Waals surface area contributed by atoms with E-state index in [2.05, 4.69) is 0 Å². The molecular formula is C11H2F14O. The molecule has 15 heteroatoms. The van der Waals surface area contributed by atoms with Crippen molar-refractivity contribution in [2.24, 2.45) is 0 Å². The van der Waals surface area contributed by atoms with E-state index in [0.717, 1.165) is 0 Å². The van der Waals surface area contributed by atoms with Crippen LogP contribution in [0.25, 0.3) is 0 Å². The van der Waals surface area contributed by atoms with E-state index in [9.17, 15) is 61.5 Å². The van der Waals surface area contributed by atoms with Crippen molar-refractivity contribution in [3.05, 3.63) is 34.6 Å². The van der Waals surface area contributed by atoms with Gasteiger partial charge in [-0.15, -0.1) is 0 Å². The van der Waals surface area contributed by atoms with Gasteiger partial charge in [-0.25, -0.2) is 22.0 Å². The predicted octanol–water partition coefficient (Wildman–Crippen LogP) is 4.88. The lowest BCUT2D eigenvalue weighted by molar-refractivity contribution is -0.407. The van der Waals surface area contributed by atoms with E-state index in [1.807, 2.05) is 0 Å². The highest BCUT2D eigenvalue weighted by atomic mass is 19.4. The Hall–Kier alpha value is -1.80. The van der Waals surface area contributed by atoms with Gasteiger partial charge in [0.15, 0.2) is 29.4 Å². The van der Waals surface area contributed by atoms with Crippen molar-refractivity contribution in [3.63, 3.8) is 0 Å². The molecule has 0 spiro atoms. The Morgan fingerprint density at radius 2 is 0.846 bits per heavy atom. The van der Waals surface area contributed by atoms with Gasteiger partial charge in [-0.05, 0) is 0 Å². The molecule has 0 amide bonds. The summed E-state index contributed by atoms with van der Waals surface area (Å²) < 4.78 is 179. The van der Waals surface area contributed by atoms with Crippen LogP contribution in [0.4, 0.5) is 61.5 Å². The third kappa shape index (κ3) is 2.85. The highest BCUT2D eigenvalue weighted by molar-refractivity contribution is 5.28. The Morgan fingerprint density at radius 1 is 0.538 bits per heavy atom. The number of hydrogen-bond acceptors (Lipinski definition) is 1. The van der Waals surface area contributed by atoms with Gasteiger partial charge in [0.1, 0.15) is 0 Å². The van der Waals surface area contributed by atoms with E-state index < -0.39 is 64.7 Å². The van der Waals surface area contributed by atoms with E-state index in [-0.39, 0.29) is 0 Å². The lowest BCUT2D eigenvalue weighted by Crippen LogP contribution is -2.62. The fraction of sp³-hybridized carbons (Fsp3) is 0.455. The first-order valence-electron chi connectivity index (χ1n) is 5.73. The molecule has 0 radical (unpaired) electrons. The standard InChI is InChI=1S/C11H2F14O/c12-2-1(3(13)5(15)6(16)4(2)14)7(26)8(17,18)9(19,20)10(21,22)11(23,24)25/h7,26H. The van der Waals surface area contributed by atoms with Crippen molar-refractivity contribution in [1.82, 2.24) is 0 Å². The van der Waals surface area contributed by atoms with Gasteiger partial charge in [0.2, 0.25) is 5.82 Å². The van der Waals surface area contributed by atoms with E-state index in [1.54, 1.807) is 0 Å². The zero-order chi connectivity index (χ0) is 21.0. The van der Waals surface area contributed by atoms with Crippen LogP contribution in [0.15, 0.2) is 0 Å². The summed E-state index contributed by atoms with van der Waals surface area (Å²) in [7, 11) is 0. The summed E-state index contributed by atoms with van der Waals surface area (Å²) in [6.07, 6.45) is -12.3. The summed E-state index contributed by atoms with van der Waals surface area (Å²) >= 11 is 0. The van der Waals surface area contributed by atoms with Crippen molar-refractivity contribution in [2.45, 2.75) is 30.0 Å². The number of alkyl halides is 9. The molecule has 0 saturated heterocycles. The van der Waals surface area contributed by atoms with Crippen LogP contribution in [0, 0.1) is 29.1 Å². The SMILES string of the molecule is OC(c1c(F)c(F)c(F)c(F)c1F)C(F)(F)C(F)(F)C(F)(F)C(F)(F)F. The molecule has 0 bridgehead atoms. The minimum atomic E-state index is -7.55. The Bertz CT molecular complexity index is 677. The molecular weight excluding hydrogens is 414 g/mol. The molecule has 1 aromatic rings. The molecule has 1 unspecified atom stereocenters. The molecule has 0 aliphatic heterocycles. The third-order valence-electron chi connectivity index (χ3n) is 3.03. The van der Waals surface area contributed by atoms with Crippen LogP contribution in [0.2, 0.25) is 0 Å². The van der Waals surface area contributed by atoms with Gasteiger partial charge in [-0.2, -0.15) is 39.5 Å². The van der Waals surface area contributed by atoms with Gasteiger partial charge >= 0.3 is 23.9 Å². The van der Waals surface area contributed by atoms with Crippen molar-refractivity contribution in [2.75, 3.05) is 0 Å². The number of benzene rings is 1. The van der Waals surface area contributed by atoms with E-state index >= 15 is 0 Å². The number of rotatable bonds is 4. The van der Waals surface area contributed by atoms with E-state index in [1.165, 1.54) is 0 Å². The molecule has 0 heterocycles. The van der Waals surface area contributed by atoms with Gasteiger partial charge in [0.25, 0.3) is 0 Å². The maximum atomic E-state index is 13.4. The van der Waals surface area contributed by atoms with Crippen LogP contribution in [0.3, 0.4) is 0 Å². The first kappa shape index (κ1) is 22.2. The first-order valence-corrected chi connectivity index (χ1v) is 5.73. The highest BCUT2D eigenvalue weighted by Crippen LogP contribution is 2.56. The topological polar surface area (TPSA) is 20.2 Å².